The molecular formula is C22H26N8O. The molecule has 0 spiro atoms. The quantitative estimate of drug-likeness (QED) is 0.400. The summed E-state index contributed by atoms with van der Waals surface area (Å²) in [6.45, 7) is 1.90. The minimum Gasteiger partial charge on any atom is -0.349 e. The van der Waals surface area contributed by atoms with Crippen LogP contribution in [0.15, 0.2) is 42.6 Å². The third kappa shape index (κ3) is 5.00. The molecule has 3 aromatic rings. The fraction of sp³-hybridized carbons (Fsp3) is 0.364. The summed E-state index contributed by atoms with van der Waals surface area (Å²) in [6, 6.07) is 11.4. The van der Waals surface area contributed by atoms with Gasteiger partial charge in [-0.15, -0.1) is 0 Å². The summed E-state index contributed by atoms with van der Waals surface area (Å²) in [5, 5.41) is 20.2. The van der Waals surface area contributed by atoms with Gasteiger partial charge in [0.25, 0.3) is 5.91 Å². The maximum Gasteiger partial charge on any atom is 0.251 e. The Bertz CT molecular complexity index is 1040. The standard InChI is InChI=1S/C22H26N8O/c31-21(25-17-7-10-23-11-8-17)15-3-5-16(6-4-15)26-22-24-12-9-19(28-22)27-20-13-18(29-30-20)14-1-2-14/h3-6,9,12-14,17,23H,1-2,7-8,10-11H2,(H,25,31)(H3,24,26,27,28,29,30). The highest BCUT2D eigenvalue weighted by Crippen LogP contribution is 2.39. The zero-order valence-electron chi connectivity index (χ0n) is 17.2. The van der Waals surface area contributed by atoms with Gasteiger partial charge in [0.1, 0.15) is 5.82 Å². The van der Waals surface area contributed by atoms with Gasteiger partial charge >= 0.3 is 0 Å². The lowest BCUT2D eigenvalue weighted by atomic mass is 10.1. The second-order valence-corrected chi connectivity index (χ2v) is 8.07. The van der Waals surface area contributed by atoms with Crippen LogP contribution in [0, 0.1) is 0 Å². The van der Waals surface area contributed by atoms with Gasteiger partial charge in [0.05, 0.1) is 0 Å². The predicted octanol–water partition coefficient (Wildman–Crippen LogP) is 3.05. The Labute approximate surface area is 180 Å². The second kappa shape index (κ2) is 8.73. The lowest BCUT2D eigenvalue weighted by molar-refractivity contribution is 0.0929. The van der Waals surface area contributed by atoms with Gasteiger partial charge in [-0.05, 0) is 69.1 Å². The maximum atomic E-state index is 12.5. The summed E-state index contributed by atoms with van der Waals surface area (Å²) in [4.78, 5) is 21.2. The summed E-state index contributed by atoms with van der Waals surface area (Å²) in [5.74, 6) is 2.45. The Hall–Kier alpha value is -3.46. The monoisotopic (exact) mass is 418 g/mol. The van der Waals surface area contributed by atoms with Crippen LogP contribution in [0.5, 0.6) is 0 Å². The number of hydrogen-bond donors (Lipinski definition) is 5. The lowest BCUT2D eigenvalue weighted by Gasteiger charge is -2.23. The molecule has 0 bridgehead atoms. The Kier molecular flexibility index (Phi) is 5.49. The average Bonchev–Trinajstić information content (AvgIpc) is 3.54. The normalized spacial score (nSPS) is 16.6. The number of hydrogen-bond acceptors (Lipinski definition) is 7. The summed E-state index contributed by atoms with van der Waals surface area (Å²) in [5.41, 5.74) is 2.62. The number of rotatable bonds is 7. The van der Waals surface area contributed by atoms with Crippen molar-refractivity contribution in [2.75, 3.05) is 23.7 Å². The van der Waals surface area contributed by atoms with Crippen LogP contribution in [0.2, 0.25) is 0 Å². The van der Waals surface area contributed by atoms with E-state index in [-0.39, 0.29) is 11.9 Å². The Morgan fingerprint density at radius 1 is 0.968 bits per heavy atom. The molecule has 3 heterocycles. The number of carbonyl (C=O) groups is 1. The molecule has 1 amide bonds. The number of carbonyl (C=O) groups excluding carboxylic acids is 1. The van der Waals surface area contributed by atoms with E-state index in [0.29, 0.717) is 23.2 Å². The van der Waals surface area contributed by atoms with Crippen molar-refractivity contribution < 1.29 is 4.79 Å². The second-order valence-electron chi connectivity index (χ2n) is 8.07. The fourth-order valence-corrected chi connectivity index (χ4v) is 3.69. The first-order valence-electron chi connectivity index (χ1n) is 10.8. The number of nitrogens with one attached hydrogen (secondary N) is 5. The molecule has 2 aromatic heterocycles. The van der Waals surface area contributed by atoms with Crippen LogP contribution in [-0.2, 0) is 0 Å². The zero-order valence-corrected chi connectivity index (χ0v) is 17.2. The Balaban J connectivity index is 1.19. The highest BCUT2D eigenvalue weighted by Gasteiger charge is 2.25. The van der Waals surface area contributed by atoms with Gasteiger partial charge in [0, 0.05) is 41.2 Å². The number of piperidine rings is 1. The molecule has 1 aliphatic heterocycles. The van der Waals surface area contributed by atoms with Crippen molar-refractivity contribution in [1.29, 1.82) is 0 Å². The molecule has 0 atom stereocenters. The van der Waals surface area contributed by atoms with Gasteiger partial charge in [-0.1, -0.05) is 0 Å². The fourth-order valence-electron chi connectivity index (χ4n) is 3.69. The Morgan fingerprint density at radius 3 is 2.55 bits per heavy atom. The van der Waals surface area contributed by atoms with Crippen LogP contribution in [0.4, 0.5) is 23.3 Å². The van der Waals surface area contributed by atoms with Crippen LogP contribution < -0.4 is 21.3 Å². The number of benzene rings is 1. The van der Waals surface area contributed by atoms with Crippen molar-refractivity contribution in [2.24, 2.45) is 0 Å². The molecule has 1 aromatic carbocycles. The van der Waals surface area contributed by atoms with Crippen LogP contribution in [-0.4, -0.2) is 45.2 Å². The highest BCUT2D eigenvalue weighted by molar-refractivity contribution is 5.94. The van der Waals surface area contributed by atoms with Gasteiger partial charge in [-0.25, -0.2) is 4.98 Å². The first-order valence-corrected chi connectivity index (χ1v) is 10.8. The maximum absolute atomic E-state index is 12.5. The van der Waals surface area contributed by atoms with Crippen LogP contribution in [0.1, 0.15) is 47.7 Å². The molecule has 2 fully saturated rings. The van der Waals surface area contributed by atoms with Gasteiger partial charge in [-0.3, -0.25) is 9.89 Å². The molecule has 1 saturated heterocycles. The van der Waals surface area contributed by atoms with E-state index in [4.69, 9.17) is 0 Å². The molecule has 160 valence electrons. The molecule has 1 aliphatic carbocycles. The van der Waals surface area contributed by atoms with Crippen LogP contribution in [0.3, 0.4) is 0 Å². The average molecular weight is 419 g/mol. The molecule has 9 nitrogen and oxygen atoms in total. The third-order valence-electron chi connectivity index (χ3n) is 5.60. The summed E-state index contributed by atoms with van der Waals surface area (Å²) in [7, 11) is 0. The van der Waals surface area contributed by atoms with Crippen molar-refractivity contribution in [1.82, 2.24) is 30.8 Å². The largest absolute Gasteiger partial charge is 0.349 e. The van der Waals surface area contributed by atoms with E-state index in [1.807, 2.05) is 30.3 Å². The molecule has 31 heavy (non-hydrogen) atoms. The van der Waals surface area contributed by atoms with E-state index in [2.05, 4.69) is 41.4 Å². The van der Waals surface area contributed by atoms with E-state index in [9.17, 15) is 4.79 Å². The van der Waals surface area contributed by atoms with Crippen molar-refractivity contribution in [2.45, 2.75) is 37.6 Å². The van der Waals surface area contributed by atoms with Gasteiger partial charge in [-0.2, -0.15) is 10.1 Å². The number of amides is 1. The third-order valence-corrected chi connectivity index (χ3v) is 5.60. The van der Waals surface area contributed by atoms with Crippen molar-refractivity contribution in [3.05, 3.63) is 53.9 Å². The molecule has 5 rings (SSSR count). The first kappa shape index (κ1) is 19.5. The predicted molar refractivity (Wildman–Crippen MR) is 119 cm³/mol. The Morgan fingerprint density at radius 2 is 1.77 bits per heavy atom. The van der Waals surface area contributed by atoms with Crippen LogP contribution in [0.25, 0.3) is 0 Å². The minimum absolute atomic E-state index is 0.0366. The van der Waals surface area contributed by atoms with E-state index < -0.39 is 0 Å². The smallest absolute Gasteiger partial charge is 0.251 e. The minimum atomic E-state index is -0.0366. The number of anilines is 4. The van der Waals surface area contributed by atoms with Gasteiger partial charge in [0.15, 0.2) is 5.82 Å². The molecule has 5 N–H and O–H groups in total. The molecule has 0 radical (unpaired) electrons. The topological polar surface area (TPSA) is 120 Å². The SMILES string of the molecule is O=C(NC1CCNCC1)c1ccc(Nc2nccc(Nc3cc(C4CC4)[nH]n3)n2)cc1. The summed E-state index contributed by atoms with van der Waals surface area (Å²) < 4.78 is 0. The van der Waals surface area contributed by atoms with Crippen molar-refractivity contribution in [3.8, 4) is 0 Å². The van der Waals surface area contributed by atoms with E-state index in [1.54, 1.807) is 12.3 Å². The van der Waals surface area contributed by atoms with E-state index in [0.717, 1.165) is 37.4 Å². The molecule has 9 heteroatoms. The molecular weight excluding hydrogens is 392 g/mol. The number of aromatic amines is 1. The number of nitrogens with zero attached hydrogens (tertiary/aromatic N) is 3. The first-order chi connectivity index (χ1) is 15.2. The summed E-state index contributed by atoms with van der Waals surface area (Å²) in [6.07, 6.45) is 6.07. The zero-order chi connectivity index (χ0) is 21.0. The number of H-pyrrole nitrogens is 1. The summed E-state index contributed by atoms with van der Waals surface area (Å²) >= 11 is 0. The highest BCUT2D eigenvalue weighted by atomic mass is 16.1. The van der Waals surface area contributed by atoms with Crippen LogP contribution >= 0.6 is 0 Å². The lowest BCUT2D eigenvalue weighted by Crippen LogP contribution is -2.42. The molecule has 2 aliphatic rings. The van der Waals surface area contributed by atoms with E-state index >= 15 is 0 Å². The molecule has 0 unspecified atom stereocenters. The van der Waals surface area contributed by atoms with Gasteiger partial charge < -0.3 is 21.3 Å². The van der Waals surface area contributed by atoms with Crippen molar-refractivity contribution >= 4 is 29.2 Å². The van der Waals surface area contributed by atoms with Crippen molar-refractivity contribution in [3.63, 3.8) is 0 Å². The number of aromatic nitrogens is 4. The van der Waals surface area contributed by atoms with E-state index in [1.165, 1.54) is 18.5 Å². The van der Waals surface area contributed by atoms with Gasteiger partial charge in [0.2, 0.25) is 5.95 Å². The molecule has 1 saturated carbocycles.